The minimum Gasteiger partial charge on any atom is -0.462 e. The molecule has 1 amide bonds. The molecule has 0 radical (unpaired) electrons. The smallest absolute Gasteiger partial charge is 0.338 e. The molecular weight excluding hydrogens is 270 g/mol. The second kappa shape index (κ2) is 6.74. The minimum atomic E-state index is -0.398. The monoisotopic (exact) mass is 287 g/mol. The van der Waals surface area contributed by atoms with Crippen LogP contribution in [0.15, 0.2) is 41.0 Å². The zero-order chi connectivity index (χ0) is 15.2. The van der Waals surface area contributed by atoms with Crippen LogP contribution in [0.4, 0.5) is 5.69 Å². The molecule has 5 heteroatoms. The van der Waals surface area contributed by atoms with Crippen LogP contribution in [0.25, 0.3) is 0 Å². The van der Waals surface area contributed by atoms with E-state index in [0.29, 0.717) is 17.9 Å². The van der Waals surface area contributed by atoms with Crippen LogP contribution in [0.1, 0.15) is 39.8 Å². The van der Waals surface area contributed by atoms with Crippen molar-refractivity contribution in [3.05, 3.63) is 53.5 Å². The first-order valence-electron chi connectivity index (χ1n) is 6.74. The van der Waals surface area contributed by atoms with Gasteiger partial charge in [-0.2, -0.15) is 0 Å². The van der Waals surface area contributed by atoms with E-state index in [9.17, 15) is 9.59 Å². The van der Waals surface area contributed by atoms with Gasteiger partial charge in [0.2, 0.25) is 0 Å². The van der Waals surface area contributed by atoms with Crippen LogP contribution in [-0.2, 0) is 4.74 Å². The molecule has 0 aliphatic rings. The number of amides is 1. The molecule has 0 atom stereocenters. The fourth-order valence-corrected chi connectivity index (χ4v) is 1.75. The summed E-state index contributed by atoms with van der Waals surface area (Å²) in [5.41, 5.74) is 1.81. The Kier molecular flexibility index (Phi) is 4.77. The highest BCUT2D eigenvalue weighted by atomic mass is 16.5. The molecule has 0 saturated heterocycles. The number of hydrogen-bond acceptors (Lipinski definition) is 4. The van der Waals surface area contributed by atoms with Gasteiger partial charge in [0.05, 0.1) is 18.4 Å². The molecule has 5 nitrogen and oxygen atoms in total. The lowest BCUT2D eigenvalue weighted by molar-refractivity contribution is 0.0505. The zero-order valence-corrected chi connectivity index (χ0v) is 12.0. The van der Waals surface area contributed by atoms with Gasteiger partial charge >= 0.3 is 5.97 Å². The molecule has 110 valence electrons. The Labute approximate surface area is 122 Å². The number of carbonyl (C=O) groups excluding carboxylic acids is 2. The molecule has 1 aromatic heterocycles. The zero-order valence-electron chi connectivity index (χ0n) is 12.0. The Bertz CT molecular complexity index is 632. The van der Waals surface area contributed by atoms with Gasteiger partial charge in [0.1, 0.15) is 0 Å². The van der Waals surface area contributed by atoms with Crippen molar-refractivity contribution in [2.45, 2.75) is 20.3 Å². The topological polar surface area (TPSA) is 68.5 Å². The number of nitrogens with one attached hydrogen (secondary N) is 1. The van der Waals surface area contributed by atoms with Gasteiger partial charge < -0.3 is 14.5 Å². The molecule has 0 spiro atoms. The normalized spacial score (nSPS) is 10.2. The van der Waals surface area contributed by atoms with E-state index in [1.165, 1.54) is 6.26 Å². The average Bonchev–Trinajstić information content (AvgIpc) is 3.01. The van der Waals surface area contributed by atoms with Crippen LogP contribution in [0.2, 0.25) is 0 Å². The van der Waals surface area contributed by atoms with E-state index in [-0.39, 0.29) is 11.7 Å². The van der Waals surface area contributed by atoms with Gasteiger partial charge in [-0.05, 0) is 43.2 Å². The van der Waals surface area contributed by atoms with Crippen molar-refractivity contribution in [3.63, 3.8) is 0 Å². The maximum atomic E-state index is 12.0. The standard InChI is InChI=1S/C16H17NO4/c1-3-8-21-16(19)12-7-6-11(2)13(10-12)17-15(18)14-5-4-9-20-14/h4-7,9-10H,3,8H2,1-2H3,(H,17,18). The second-order valence-corrected chi connectivity index (χ2v) is 4.60. The Balaban J connectivity index is 2.15. The lowest BCUT2D eigenvalue weighted by Gasteiger charge is -2.09. The number of rotatable bonds is 5. The maximum Gasteiger partial charge on any atom is 0.338 e. The van der Waals surface area contributed by atoms with Gasteiger partial charge in [0.15, 0.2) is 5.76 Å². The van der Waals surface area contributed by atoms with Gasteiger partial charge in [-0.3, -0.25) is 4.79 Å². The SMILES string of the molecule is CCCOC(=O)c1ccc(C)c(NC(=O)c2ccco2)c1. The van der Waals surface area contributed by atoms with E-state index >= 15 is 0 Å². The molecule has 0 unspecified atom stereocenters. The lowest BCUT2D eigenvalue weighted by Crippen LogP contribution is -2.13. The predicted molar refractivity (Wildman–Crippen MR) is 78.4 cm³/mol. The largest absolute Gasteiger partial charge is 0.462 e. The number of hydrogen-bond donors (Lipinski definition) is 1. The summed E-state index contributed by atoms with van der Waals surface area (Å²) in [4.78, 5) is 23.8. The summed E-state index contributed by atoms with van der Waals surface area (Å²) in [6, 6.07) is 8.26. The summed E-state index contributed by atoms with van der Waals surface area (Å²) in [6.07, 6.45) is 2.19. The summed E-state index contributed by atoms with van der Waals surface area (Å²) < 4.78 is 10.1. The molecule has 1 aromatic carbocycles. The van der Waals surface area contributed by atoms with Crippen LogP contribution in [0.5, 0.6) is 0 Å². The molecule has 1 heterocycles. The highest BCUT2D eigenvalue weighted by Gasteiger charge is 2.13. The molecule has 0 bridgehead atoms. The van der Waals surface area contributed by atoms with Crippen molar-refractivity contribution >= 4 is 17.6 Å². The maximum absolute atomic E-state index is 12.0. The Morgan fingerprint density at radius 3 is 2.76 bits per heavy atom. The summed E-state index contributed by atoms with van der Waals surface area (Å²) in [7, 11) is 0. The summed E-state index contributed by atoms with van der Waals surface area (Å²) >= 11 is 0. The van der Waals surface area contributed by atoms with Gasteiger partial charge in [0.25, 0.3) is 5.91 Å². The first-order valence-corrected chi connectivity index (χ1v) is 6.74. The third-order valence-electron chi connectivity index (χ3n) is 2.90. The van der Waals surface area contributed by atoms with Crippen molar-refractivity contribution in [1.82, 2.24) is 0 Å². The number of benzene rings is 1. The first kappa shape index (κ1) is 14.8. The average molecular weight is 287 g/mol. The predicted octanol–water partition coefficient (Wildman–Crippen LogP) is 3.41. The third-order valence-corrected chi connectivity index (χ3v) is 2.90. The van der Waals surface area contributed by atoms with Crippen molar-refractivity contribution in [2.24, 2.45) is 0 Å². The summed E-state index contributed by atoms with van der Waals surface area (Å²) in [5, 5.41) is 2.72. The fourth-order valence-electron chi connectivity index (χ4n) is 1.75. The van der Waals surface area contributed by atoms with E-state index in [1.807, 2.05) is 13.8 Å². The molecule has 0 aliphatic carbocycles. The Morgan fingerprint density at radius 1 is 1.29 bits per heavy atom. The molecule has 2 aromatic rings. The highest BCUT2D eigenvalue weighted by molar-refractivity contribution is 6.03. The van der Waals surface area contributed by atoms with Crippen molar-refractivity contribution in [2.75, 3.05) is 11.9 Å². The van der Waals surface area contributed by atoms with Gasteiger partial charge in [-0.1, -0.05) is 13.0 Å². The van der Waals surface area contributed by atoms with Crippen LogP contribution in [0, 0.1) is 6.92 Å². The van der Waals surface area contributed by atoms with E-state index in [4.69, 9.17) is 9.15 Å². The van der Waals surface area contributed by atoms with E-state index < -0.39 is 5.97 Å². The fraction of sp³-hybridized carbons (Fsp3) is 0.250. The summed E-state index contributed by atoms with van der Waals surface area (Å²) in [6.45, 7) is 4.15. The quantitative estimate of drug-likeness (QED) is 0.856. The number of anilines is 1. The van der Waals surface area contributed by atoms with Gasteiger partial charge in [0, 0.05) is 5.69 Å². The van der Waals surface area contributed by atoms with Crippen LogP contribution in [0.3, 0.4) is 0 Å². The van der Waals surface area contributed by atoms with Crippen molar-refractivity contribution in [3.8, 4) is 0 Å². The van der Waals surface area contributed by atoms with Gasteiger partial charge in [-0.15, -0.1) is 0 Å². The van der Waals surface area contributed by atoms with Gasteiger partial charge in [-0.25, -0.2) is 4.79 Å². The van der Waals surface area contributed by atoms with E-state index in [2.05, 4.69) is 5.32 Å². The second-order valence-electron chi connectivity index (χ2n) is 4.60. The Morgan fingerprint density at radius 2 is 2.10 bits per heavy atom. The first-order chi connectivity index (χ1) is 10.1. The highest BCUT2D eigenvalue weighted by Crippen LogP contribution is 2.19. The van der Waals surface area contributed by atoms with Crippen molar-refractivity contribution in [1.29, 1.82) is 0 Å². The molecule has 1 N–H and O–H groups in total. The van der Waals surface area contributed by atoms with E-state index in [0.717, 1.165) is 12.0 Å². The van der Waals surface area contributed by atoms with Crippen LogP contribution < -0.4 is 5.32 Å². The number of ether oxygens (including phenoxy) is 1. The number of aryl methyl sites for hydroxylation is 1. The minimum absolute atomic E-state index is 0.216. The number of carbonyl (C=O) groups is 2. The summed E-state index contributed by atoms with van der Waals surface area (Å²) in [5.74, 6) is -0.541. The molecule has 21 heavy (non-hydrogen) atoms. The lowest BCUT2D eigenvalue weighted by atomic mass is 10.1. The molecule has 0 aliphatic heterocycles. The van der Waals surface area contributed by atoms with E-state index in [1.54, 1.807) is 30.3 Å². The molecule has 0 fully saturated rings. The molecule has 2 rings (SSSR count). The molecular formula is C16H17NO4. The number of furan rings is 1. The van der Waals surface area contributed by atoms with Crippen LogP contribution >= 0.6 is 0 Å². The Hall–Kier alpha value is -2.56. The molecule has 0 saturated carbocycles. The third kappa shape index (κ3) is 3.72. The number of esters is 1. The van der Waals surface area contributed by atoms with Crippen LogP contribution in [-0.4, -0.2) is 18.5 Å². The van der Waals surface area contributed by atoms with Crippen molar-refractivity contribution < 1.29 is 18.7 Å².